The molecule has 0 heterocycles. The van der Waals surface area contributed by atoms with Crippen LogP contribution in [0.15, 0.2) is 18.2 Å². The van der Waals surface area contributed by atoms with E-state index >= 15 is 0 Å². The van der Waals surface area contributed by atoms with Crippen molar-refractivity contribution in [2.75, 3.05) is 0 Å². The van der Waals surface area contributed by atoms with Crippen molar-refractivity contribution in [1.29, 1.82) is 0 Å². The predicted octanol–water partition coefficient (Wildman–Crippen LogP) is 3.07. The molecule has 1 aromatic rings. The maximum Gasteiger partial charge on any atom is 0.123 e. The Bertz CT molecular complexity index is 251. The highest BCUT2D eigenvalue weighted by molar-refractivity contribution is 5.29. The van der Waals surface area contributed by atoms with Crippen LogP contribution in [0.1, 0.15) is 24.0 Å². The zero-order valence-corrected chi connectivity index (χ0v) is 6.89. The highest BCUT2D eigenvalue weighted by Gasteiger charge is 2.03. The lowest BCUT2D eigenvalue weighted by molar-refractivity contribution is 0.623. The van der Waals surface area contributed by atoms with Crippen LogP contribution in [-0.4, -0.2) is 0 Å². The average Bonchev–Trinajstić information content (AvgIpc) is 1.94. The zero-order chi connectivity index (χ0) is 8.43. The van der Waals surface area contributed by atoms with E-state index in [4.69, 9.17) is 0 Å². The standard InChI is InChI=1S/C10H12F/c1-7(2)10-6-9(11)5-4-8(10)3/h4-7H,1H2,2-3H3. The van der Waals surface area contributed by atoms with E-state index in [2.05, 4.69) is 6.92 Å². The van der Waals surface area contributed by atoms with E-state index in [9.17, 15) is 4.39 Å². The molecule has 1 unspecified atom stereocenters. The molecular weight excluding hydrogens is 139 g/mol. The molecule has 0 aliphatic heterocycles. The van der Waals surface area contributed by atoms with Gasteiger partial charge in [-0.1, -0.05) is 13.0 Å². The summed E-state index contributed by atoms with van der Waals surface area (Å²) in [5, 5.41) is 0. The number of rotatable bonds is 1. The van der Waals surface area contributed by atoms with Gasteiger partial charge in [0.05, 0.1) is 0 Å². The van der Waals surface area contributed by atoms with Gasteiger partial charge in [0.15, 0.2) is 0 Å². The molecule has 0 aliphatic carbocycles. The first-order chi connectivity index (χ1) is 5.11. The van der Waals surface area contributed by atoms with Crippen molar-refractivity contribution in [2.45, 2.75) is 19.8 Å². The summed E-state index contributed by atoms with van der Waals surface area (Å²) in [4.78, 5) is 0. The lowest BCUT2D eigenvalue weighted by Crippen LogP contribution is -1.92. The molecule has 11 heavy (non-hydrogen) atoms. The molecule has 0 amide bonds. The van der Waals surface area contributed by atoms with Crippen LogP contribution < -0.4 is 0 Å². The molecule has 0 saturated heterocycles. The smallest absolute Gasteiger partial charge is 0.123 e. The Morgan fingerprint density at radius 2 is 2.09 bits per heavy atom. The molecular formula is C10H12F. The second-order valence-electron chi connectivity index (χ2n) is 2.90. The Morgan fingerprint density at radius 3 is 2.55 bits per heavy atom. The van der Waals surface area contributed by atoms with Gasteiger partial charge in [-0.15, -0.1) is 0 Å². The largest absolute Gasteiger partial charge is 0.207 e. The summed E-state index contributed by atoms with van der Waals surface area (Å²) < 4.78 is 12.7. The van der Waals surface area contributed by atoms with Crippen LogP contribution in [0.4, 0.5) is 4.39 Å². The van der Waals surface area contributed by atoms with Gasteiger partial charge >= 0.3 is 0 Å². The van der Waals surface area contributed by atoms with E-state index in [0.29, 0.717) is 0 Å². The zero-order valence-electron chi connectivity index (χ0n) is 6.89. The van der Waals surface area contributed by atoms with Crippen LogP contribution in [-0.2, 0) is 0 Å². The molecule has 1 atom stereocenters. The van der Waals surface area contributed by atoms with Crippen molar-refractivity contribution >= 4 is 0 Å². The summed E-state index contributed by atoms with van der Waals surface area (Å²) in [6.07, 6.45) is 0. The van der Waals surface area contributed by atoms with E-state index in [1.165, 1.54) is 6.07 Å². The Labute approximate surface area is 67.1 Å². The van der Waals surface area contributed by atoms with Gasteiger partial charge < -0.3 is 0 Å². The predicted molar refractivity (Wildman–Crippen MR) is 44.9 cm³/mol. The summed E-state index contributed by atoms with van der Waals surface area (Å²) >= 11 is 0. The van der Waals surface area contributed by atoms with Crippen molar-refractivity contribution in [1.82, 2.24) is 0 Å². The number of halogens is 1. The molecule has 0 spiro atoms. The molecule has 0 aromatic heterocycles. The van der Waals surface area contributed by atoms with Gasteiger partial charge in [0.2, 0.25) is 0 Å². The SMILES string of the molecule is [CH2]C(C)c1cc(F)ccc1C. The quantitative estimate of drug-likeness (QED) is 0.578. The molecule has 1 aromatic carbocycles. The van der Waals surface area contributed by atoms with Gasteiger partial charge in [-0.2, -0.15) is 0 Å². The van der Waals surface area contributed by atoms with Gasteiger partial charge in [0, 0.05) is 0 Å². The average molecular weight is 151 g/mol. The Kier molecular flexibility index (Phi) is 2.28. The summed E-state index contributed by atoms with van der Waals surface area (Å²) in [7, 11) is 0. The van der Waals surface area contributed by atoms with Crippen LogP contribution in [0.25, 0.3) is 0 Å². The molecule has 1 radical (unpaired) electrons. The lowest BCUT2D eigenvalue weighted by Gasteiger charge is -2.08. The summed E-state index contributed by atoms with van der Waals surface area (Å²) in [6, 6.07) is 4.81. The molecule has 1 rings (SSSR count). The number of hydrogen-bond acceptors (Lipinski definition) is 0. The van der Waals surface area contributed by atoms with Crippen molar-refractivity contribution in [2.24, 2.45) is 0 Å². The number of aryl methyl sites for hydroxylation is 1. The Hall–Kier alpha value is -0.850. The second-order valence-corrected chi connectivity index (χ2v) is 2.90. The molecule has 0 N–H and O–H groups in total. The monoisotopic (exact) mass is 151 g/mol. The minimum Gasteiger partial charge on any atom is -0.207 e. The van der Waals surface area contributed by atoms with Crippen molar-refractivity contribution < 1.29 is 4.39 Å². The van der Waals surface area contributed by atoms with E-state index in [0.717, 1.165) is 11.1 Å². The van der Waals surface area contributed by atoms with Crippen molar-refractivity contribution in [3.8, 4) is 0 Å². The highest BCUT2D eigenvalue weighted by atomic mass is 19.1. The van der Waals surface area contributed by atoms with Gasteiger partial charge in [-0.05, 0) is 43.0 Å². The maximum atomic E-state index is 12.7. The summed E-state index contributed by atoms with van der Waals surface area (Å²) in [5.41, 5.74) is 2.10. The first-order valence-electron chi connectivity index (χ1n) is 3.70. The molecule has 0 fully saturated rings. The Balaban J connectivity index is 3.13. The highest BCUT2D eigenvalue weighted by Crippen LogP contribution is 2.18. The summed E-state index contributed by atoms with van der Waals surface area (Å²) in [6.45, 7) is 7.77. The second kappa shape index (κ2) is 3.04. The molecule has 0 bridgehead atoms. The van der Waals surface area contributed by atoms with E-state index in [1.807, 2.05) is 13.8 Å². The lowest BCUT2D eigenvalue weighted by atomic mass is 9.98. The van der Waals surface area contributed by atoms with Gasteiger partial charge in [0.25, 0.3) is 0 Å². The molecule has 1 heteroatoms. The first kappa shape index (κ1) is 8.25. The van der Waals surface area contributed by atoms with E-state index in [1.54, 1.807) is 12.1 Å². The molecule has 0 aliphatic rings. The van der Waals surface area contributed by atoms with Crippen LogP contribution >= 0.6 is 0 Å². The third-order valence-electron chi connectivity index (χ3n) is 1.77. The fourth-order valence-corrected chi connectivity index (χ4v) is 1.14. The van der Waals surface area contributed by atoms with Gasteiger partial charge in [0.1, 0.15) is 5.82 Å². The Morgan fingerprint density at radius 1 is 1.45 bits per heavy atom. The number of benzene rings is 1. The molecule has 59 valence electrons. The fourth-order valence-electron chi connectivity index (χ4n) is 1.14. The van der Waals surface area contributed by atoms with Crippen LogP contribution in [0, 0.1) is 19.7 Å². The molecule has 0 saturated carbocycles. The molecule has 0 nitrogen and oxygen atoms in total. The van der Waals surface area contributed by atoms with Crippen LogP contribution in [0.2, 0.25) is 0 Å². The van der Waals surface area contributed by atoms with E-state index in [-0.39, 0.29) is 11.7 Å². The van der Waals surface area contributed by atoms with Gasteiger partial charge in [-0.25, -0.2) is 4.39 Å². The third-order valence-corrected chi connectivity index (χ3v) is 1.77. The third kappa shape index (κ3) is 1.79. The van der Waals surface area contributed by atoms with Gasteiger partial charge in [-0.3, -0.25) is 0 Å². The fraction of sp³-hybridized carbons (Fsp3) is 0.300. The van der Waals surface area contributed by atoms with Crippen molar-refractivity contribution in [3.63, 3.8) is 0 Å². The van der Waals surface area contributed by atoms with E-state index < -0.39 is 0 Å². The normalized spacial score (nSPS) is 10.6. The van der Waals surface area contributed by atoms with Crippen LogP contribution in [0.5, 0.6) is 0 Å². The summed E-state index contributed by atoms with van der Waals surface area (Å²) in [5.74, 6) is -0.0215. The minimum absolute atomic E-state index is 0.158. The minimum atomic E-state index is -0.180. The maximum absolute atomic E-state index is 12.7. The topological polar surface area (TPSA) is 0 Å². The first-order valence-corrected chi connectivity index (χ1v) is 3.70. The van der Waals surface area contributed by atoms with Crippen LogP contribution in [0.3, 0.4) is 0 Å². The number of hydrogen-bond donors (Lipinski definition) is 0. The van der Waals surface area contributed by atoms with Crippen molar-refractivity contribution in [3.05, 3.63) is 42.1 Å².